The van der Waals surface area contributed by atoms with Crippen LogP contribution in [0.4, 0.5) is 11.9 Å². The molecule has 0 saturated carbocycles. The second-order valence-corrected chi connectivity index (χ2v) is 17.4. The number of rotatable bonds is 15. The van der Waals surface area contributed by atoms with E-state index in [9.17, 15) is 19.2 Å². The molecule has 19 heteroatoms. The van der Waals surface area contributed by atoms with Crippen LogP contribution in [-0.2, 0) is 24.8 Å². The minimum Gasteiger partial charge on any atom is -0.395 e. The third-order valence-electron chi connectivity index (χ3n) is 12.2. The summed E-state index contributed by atoms with van der Waals surface area (Å²) in [4.78, 5) is 51.0. The highest BCUT2D eigenvalue weighted by atomic mass is 35.5. The number of nitrogens with two attached hydrogens (primary N) is 1. The molecule has 2 aromatic heterocycles. The van der Waals surface area contributed by atoms with Crippen molar-refractivity contribution in [1.29, 1.82) is 0 Å². The number of carbonyl (C=O) groups excluding carboxylic acids is 2. The van der Waals surface area contributed by atoms with Crippen LogP contribution in [0.2, 0.25) is 10.0 Å². The van der Waals surface area contributed by atoms with Crippen molar-refractivity contribution in [3.05, 3.63) is 186 Å². The minimum atomic E-state index is -0.968. The van der Waals surface area contributed by atoms with E-state index >= 15 is 0 Å². The lowest BCUT2D eigenvalue weighted by atomic mass is 9.87. The maximum absolute atomic E-state index is 13.6. The van der Waals surface area contributed by atoms with E-state index < -0.39 is 17.6 Å². The zero-order valence-corrected chi connectivity index (χ0v) is 38.5. The molecule has 2 aliphatic heterocycles. The Balaban J connectivity index is 1.02. The molecule has 2 amide bonds. The van der Waals surface area contributed by atoms with Crippen molar-refractivity contribution >= 4 is 58.3 Å². The molecule has 4 heterocycles. The first kappa shape index (κ1) is 45.6. The molecule has 0 radical (unpaired) electrons. The molecule has 3 atom stereocenters. The van der Waals surface area contributed by atoms with Gasteiger partial charge in [0.2, 0.25) is 17.8 Å². The van der Waals surface area contributed by atoms with Gasteiger partial charge in [0.05, 0.1) is 37.7 Å². The highest BCUT2D eigenvalue weighted by Crippen LogP contribution is 2.38. The molecule has 0 bridgehead atoms. The van der Waals surface area contributed by atoms with Crippen LogP contribution in [0.3, 0.4) is 0 Å². The smallest absolute Gasteiger partial charge is 0.347 e. The fourth-order valence-corrected chi connectivity index (χ4v) is 8.92. The number of primary amides is 1. The van der Waals surface area contributed by atoms with Gasteiger partial charge in [-0.25, -0.2) is 34.0 Å². The lowest BCUT2D eigenvalue weighted by Gasteiger charge is -2.18. The fourth-order valence-electron chi connectivity index (χ4n) is 8.56. The number of nitrogens with one attached hydrogen (secondary N) is 2. The van der Waals surface area contributed by atoms with Gasteiger partial charge in [0.15, 0.2) is 0 Å². The van der Waals surface area contributed by atoms with Crippen LogP contribution < -0.4 is 32.4 Å². The summed E-state index contributed by atoms with van der Waals surface area (Å²) in [5.74, 6) is -0.924. The summed E-state index contributed by atoms with van der Waals surface area (Å²) in [6.07, 6.45) is 0.495. The van der Waals surface area contributed by atoms with E-state index in [0.717, 1.165) is 44.7 Å². The number of aryl methyl sites for hydroxylation is 2. The van der Waals surface area contributed by atoms with Gasteiger partial charge in [0.1, 0.15) is 6.04 Å². The Morgan fingerprint density at radius 1 is 0.809 bits per heavy atom. The molecule has 0 saturated heterocycles. The number of H-pyrrole nitrogens is 1. The zero-order valence-electron chi connectivity index (χ0n) is 37.0. The van der Waals surface area contributed by atoms with Crippen LogP contribution in [0, 0.1) is 0 Å². The van der Waals surface area contributed by atoms with E-state index in [0.29, 0.717) is 53.3 Å². The van der Waals surface area contributed by atoms with E-state index in [2.05, 4.69) is 21.6 Å². The number of aromatic nitrogens is 6. The normalized spacial score (nSPS) is 16.2. The first-order valence-electron chi connectivity index (χ1n) is 21.9. The number of benzene rings is 5. The standard InChI is InChI=1S/C49H46Cl2N12O5/c1-29(44(52)65)63-46(54-55-48(63)67)61-27-39(31-7-4-3-5-8-31)43(57-61)36-17-20-41(51)38(26-36)34-9-6-10-35(25-34)40-28-62(56-42(40)32-15-18-37(50)19-16-32)47-58-60(49(68)59(47)2)23-21-30-11-13-33(14-12-30)45(66)53-22-24-64/h3-20,25-26,29,39-40,64H,21-24,27-28H2,1-2H3,(H2,52,65)(H,53,66)(H,55,67)/t29-,39-,40-/m0/s1. The molecule has 5 N–H and O–H groups in total. The molecule has 346 valence electrons. The Kier molecular flexibility index (Phi) is 12.9. The highest BCUT2D eigenvalue weighted by molar-refractivity contribution is 6.33. The number of carbonyl (C=O) groups is 2. The van der Waals surface area contributed by atoms with Gasteiger partial charge in [-0.3, -0.25) is 14.2 Å². The monoisotopic (exact) mass is 952 g/mol. The van der Waals surface area contributed by atoms with Gasteiger partial charge in [-0.15, -0.1) is 10.2 Å². The molecule has 9 rings (SSSR count). The van der Waals surface area contributed by atoms with Crippen LogP contribution in [0.1, 0.15) is 63.0 Å². The number of aliphatic hydroxyl groups excluding tert-OH is 1. The molecule has 17 nitrogen and oxygen atoms in total. The van der Waals surface area contributed by atoms with Gasteiger partial charge < -0.3 is 16.2 Å². The summed E-state index contributed by atoms with van der Waals surface area (Å²) in [5, 5.41) is 37.7. The van der Waals surface area contributed by atoms with E-state index in [1.165, 1.54) is 13.8 Å². The second kappa shape index (κ2) is 19.3. The maximum atomic E-state index is 13.6. The van der Waals surface area contributed by atoms with E-state index in [1.54, 1.807) is 36.1 Å². The average Bonchev–Trinajstić information content (AvgIpc) is 4.15. The quantitative estimate of drug-likeness (QED) is 0.102. The SMILES string of the molecule is C[C@@H](C(N)=O)n1c(N2C[C@@H](c3ccccc3)C(c3ccc(Cl)c(-c4cccc([C@@H]5CN(c6nn(CCc7ccc(C(=O)NCCO)cc7)c(=O)n6C)N=C5c5ccc(Cl)cc5)c4)c3)=N2)n[nH]c1=O. The largest absolute Gasteiger partial charge is 0.395 e. The van der Waals surface area contributed by atoms with Gasteiger partial charge in [0.25, 0.3) is 5.91 Å². The van der Waals surface area contributed by atoms with Crippen molar-refractivity contribution < 1.29 is 14.7 Å². The number of aromatic amines is 1. The summed E-state index contributed by atoms with van der Waals surface area (Å²) in [6.45, 7) is 2.57. The fraction of sp³-hybridized carbons (Fsp3) is 0.224. The summed E-state index contributed by atoms with van der Waals surface area (Å²) in [5.41, 5.74) is 12.8. The first-order valence-corrected chi connectivity index (χ1v) is 22.6. The number of aliphatic hydroxyl groups is 1. The van der Waals surface area contributed by atoms with Crippen molar-refractivity contribution in [1.82, 2.24) is 34.4 Å². The van der Waals surface area contributed by atoms with Crippen molar-refractivity contribution in [3.63, 3.8) is 0 Å². The maximum Gasteiger partial charge on any atom is 0.347 e. The second-order valence-electron chi connectivity index (χ2n) is 16.5. The van der Waals surface area contributed by atoms with Gasteiger partial charge in [-0.1, -0.05) is 108 Å². The Bertz CT molecular complexity index is 3200. The molecule has 5 aromatic carbocycles. The summed E-state index contributed by atoms with van der Waals surface area (Å²) in [6, 6.07) is 37.4. The minimum absolute atomic E-state index is 0.145. The van der Waals surface area contributed by atoms with Gasteiger partial charge in [-0.05, 0) is 83.1 Å². The van der Waals surface area contributed by atoms with Gasteiger partial charge >= 0.3 is 11.4 Å². The third kappa shape index (κ3) is 9.10. The van der Waals surface area contributed by atoms with Crippen LogP contribution >= 0.6 is 23.2 Å². The Morgan fingerprint density at radius 3 is 2.18 bits per heavy atom. The predicted molar refractivity (Wildman–Crippen MR) is 262 cm³/mol. The number of amides is 2. The van der Waals surface area contributed by atoms with Crippen LogP contribution in [0.15, 0.2) is 141 Å². The molecule has 0 unspecified atom stereocenters. The lowest BCUT2D eigenvalue weighted by Crippen LogP contribution is -2.33. The predicted octanol–water partition coefficient (Wildman–Crippen LogP) is 5.47. The molecule has 0 aliphatic carbocycles. The van der Waals surface area contributed by atoms with E-state index in [1.807, 2.05) is 103 Å². The van der Waals surface area contributed by atoms with Crippen molar-refractivity contribution in [3.8, 4) is 11.1 Å². The summed E-state index contributed by atoms with van der Waals surface area (Å²) >= 11 is 13.4. The molecule has 68 heavy (non-hydrogen) atoms. The molecule has 7 aromatic rings. The van der Waals surface area contributed by atoms with E-state index in [-0.39, 0.29) is 42.5 Å². The van der Waals surface area contributed by atoms with Crippen molar-refractivity contribution in [2.24, 2.45) is 23.0 Å². The van der Waals surface area contributed by atoms with Crippen LogP contribution in [0.25, 0.3) is 11.1 Å². The van der Waals surface area contributed by atoms with Crippen LogP contribution in [-0.4, -0.2) is 83.7 Å². The number of anilines is 2. The molecule has 0 fully saturated rings. The Hall–Kier alpha value is -7.60. The summed E-state index contributed by atoms with van der Waals surface area (Å²) < 4.78 is 4.12. The lowest BCUT2D eigenvalue weighted by molar-refractivity contribution is -0.120. The number of hydrazone groups is 2. The van der Waals surface area contributed by atoms with Gasteiger partial charge in [-0.2, -0.15) is 10.2 Å². The number of hydrogen-bond donors (Lipinski definition) is 4. The molecular formula is C49H46Cl2N12O5. The molecular weight excluding hydrogens is 908 g/mol. The number of nitrogens with zero attached hydrogens (tertiary/aromatic N) is 9. The third-order valence-corrected chi connectivity index (χ3v) is 12.8. The van der Waals surface area contributed by atoms with E-state index in [4.69, 9.17) is 49.3 Å². The van der Waals surface area contributed by atoms with Crippen molar-refractivity contribution in [2.45, 2.75) is 37.8 Å². The Morgan fingerprint density at radius 2 is 1.47 bits per heavy atom. The van der Waals surface area contributed by atoms with Crippen molar-refractivity contribution in [2.75, 3.05) is 36.3 Å². The Labute approximate surface area is 399 Å². The molecule has 2 aliphatic rings. The zero-order chi connectivity index (χ0) is 47.6. The van der Waals surface area contributed by atoms with Crippen LogP contribution in [0.5, 0.6) is 0 Å². The number of hydrogen-bond acceptors (Lipinski definition) is 11. The highest BCUT2D eigenvalue weighted by Gasteiger charge is 2.35. The first-order chi connectivity index (χ1) is 32.9. The number of halogens is 2. The average molecular weight is 954 g/mol. The topological polar surface area (TPSA) is 214 Å². The van der Waals surface area contributed by atoms with Gasteiger partial charge in [0, 0.05) is 46.6 Å². The summed E-state index contributed by atoms with van der Waals surface area (Å²) in [7, 11) is 1.67. The molecule has 0 spiro atoms.